The van der Waals surface area contributed by atoms with Gasteiger partial charge in [0.15, 0.2) is 29.6 Å². The van der Waals surface area contributed by atoms with Crippen LogP contribution in [0.1, 0.15) is 5.56 Å². The van der Waals surface area contributed by atoms with Crippen molar-refractivity contribution in [1.29, 1.82) is 0 Å². The largest absolute Gasteiger partial charge is 0.493 e. The van der Waals surface area contributed by atoms with Crippen LogP contribution in [-0.4, -0.2) is 39.5 Å². The Kier molecular flexibility index (Phi) is 6.01. The SMILES string of the molecule is COc1cccc(/C=C/C(=O)OCC(=O)Nc2ccc3c(c2)OCO3)c1OC. The Hall–Kier alpha value is -3.68. The van der Waals surface area contributed by atoms with Gasteiger partial charge in [0.1, 0.15) is 0 Å². The Morgan fingerprint density at radius 2 is 1.93 bits per heavy atom. The standard InChI is InChI=1S/C20H19NO7/c1-24-16-5-3-4-13(20(16)25-2)6-9-19(23)26-11-18(22)21-14-7-8-15-17(10-14)28-12-27-15/h3-10H,11-12H2,1-2H3,(H,21,22)/b9-6+. The lowest BCUT2D eigenvalue weighted by Gasteiger charge is -2.09. The summed E-state index contributed by atoms with van der Waals surface area (Å²) in [5, 5.41) is 2.62. The van der Waals surface area contributed by atoms with Crippen LogP contribution in [0.3, 0.4) is 0 Å². The number of esters is 1. The minimum Gasteiger partial charge on any atom is -0.493 e. The molecular weight excluding hydrogens is 366 g/mol. The average molecular weight is 385 g/mol. The predicted molar refractivity (Wildman–Crippen MR) is 101 cm³/mol. The number of ether oxygens (including phenoxy) is 5. The molecule has 0 fully saturated rings. The van der Waals surface area contributed by atoms with Crippen LogP contribution in [0.5, 0.6) is 23.0 Å². The van der Waals surface area contributed by atoms with Gasteiger partial charge >= 0.3 is 5.97 Å². The Balaban J connectivity index is 1.53. The van der Waals surface area contributed by atoms with Gasteiger partial charge in [-0.25, -0.2) is 4.79 Å². The number of para-hydroxylation sites is 1. The molecule has 3 rings (SSSR count). The van der Waals surface area contributed by atoms with Crippen molar-refractivity contribution in [3.05, 3.63) is 48.0 Å². The molecule has 146 valence electrons. The van der Waals surface area contributed by atoms with Gasteiger partial charge in [-0.05, 0) is 24.3 Å². The van der Waals surface area contributed by atoms with Gasteiger partial charge in [-0.1, -0.05) is 12.1 Å². The molecule has 2 aromatic carbocycles. The Morgan fingerprint density at radius 1 is 1.11 bits per heavy atom. The summed E-state index contributed by atoms with van der Waals surface area (Å²) in [6.07, 6.45) is 2.74. The lowest BCUT2D eigenvalue weighted by molar-refractivity contribution is -0.142. The maximum atomic E-state index is 12.0. The van der Waals surface area contributed by atoms with E-state index in [1.165, 1.54) is 26.4 Å². The summed E-state index contributed by atoms with van der Waals surface area (Å²) in [5.74, 6) is 1.06. The van der Waals surface area contributed by atoms with E-state index >= 15 is 0 Å². The zero-order valence-electron chi connectivity index (χ0n) is 15.4. The molecule has 8 nitrogen and oxygen atoms in total. The number of nitrogens with one attached hydrogen (secondary N) is 1. The summed E-state index contributed by atoms with van der Waals surface area (Å²) in [6, 6.07) is 10.3. The molecule has 28 heavy (non-hydrogen) atoms. The van der Waals surface area contributed by atoms with Crippen molar-refractivity contribution >= 4 is 23.6 Å². The second-order valence-electron chi connectivity index (χ2n) is 5.64. The molecular formula is C20H19NO7. The normalized spacial score (nSPS) is 11.9. The van der Waals surface area contributed by atoms with Crippen molar-refractivity contribution in [2.75, 3.05) is 32.9 Å². The number of carbonyl (C=O) groups excluding carboxylic acids is 2. The molecule has 0 aromatic heterocycles. The Bertz CT molecular complexity index is 907. The van der Waals surface area contributed by atoms with E-state index in [9.17, 15) is 9.59 Å². The number of benzene rings is 2. The van der Waals surface area contributed by atoms with Crippen LogP contribution in [0, 0.1) is 0 Å². The van der Waals surface area contributed by atoms with Gasteiger partial charge in [0, 0.05) is 23.4 Å². The van der Waals surface area contributed by atoms with Crippen LogP contribution in [0.15, 0.2) is 42.5 Å². The summed E-state index contributed by atoms with van der Waals surface area (Å²) in [7, 11) is 3.03. The minimum absolute atomic E-state index is 0.148. The van der Waals surface area contributed by atoms with Gasteiger partial charge in [0.25, 0.3) is 5.91 Å². The quantitative estimate of drug-likeness (QED) is 0.579. The number of fused-ring (bicyclic) bond motifs is 1. The molecule has 1 aliphatic heterocycles. The fourth-order valence-corrected chi connectivity index (χ4v) is 2.56. The summed E-state index contributed by atoms with van der Waals surface area (Å²) in [4.78, 5) is 23.8. The van der Waals surface area contributed by atoms with Crippen molar-refractivity contribution in [2.24, 2.45) is 0 Å². The molecule has 0 radical (unpaired) electrons. The van der Waals surface area contributed by atoms with Crippen LogP contribution < -0.4 is 24.3 Å². The van der Waals surface area contributed by atoms with E-state index < -0.39 is 18.5 Å². The van der Waals surface area contributed by atoms with E-state index in [0.717, 1.165) is 0 Å². The average Bonchev–Trinajstić information content (AvgIpc) is 3.18. The van der Waals surface area contributed by atoms with Crippen LogP contribution >= 0.6 is 0 Å². The number of hydrogen-bond acceptors (Lipinski definition) is 7. The molecule has 0 atom stereocenters. The van der Waals surface area contributed by atoms with Crippen molar-refractivity contribution in [1.82, 2.24) is 0 Å². The lowest BCUT2D eigenvalue weighted by Crippen LogP contribution is -2.20. The zero-order chi connectivity index (χ0) is 19.9. The van der Waals surface area contributed by atoms with Crippen LogP contribution in [0.25, 0.3) is 6.08 Å². The highest BCUT2D eigenvalue weighted by molar-refractivity contribution is 5.95. The van der Waals surface area contributed by atoms with Crippen LogP contribution in [-0.2, 0) is 14.3 Å². The highest BCUT2D eigenvalue weighted by atomic mass is 16.7. The maximum Gasteiger partial charge on any atom is 0.331 e. The van der Waals surface area contributed by atoms with E-state index in [-0.39, 0.29) is 6.79 Å². The first-order valence-electron chi connectivity index (χ1n) is 8.36. The number of rotatable bonds is 7. The van der Waals surface area contributed by atoms with Gasteiger partial charge in [0.2, 0.25) is 6.79 Å². The van der Waals surface area contributed by atoms with Crippen molar-refractivity contribution < 1.29 is 33.3 Å². The smallest absolute Gasteiger partial charge is 0.331 e. The summed E-state index contributed by atoms with van der Waals surface area (Å²) in [6.45, 7) is -0.276. The first-order valence-corrected chi connectivity index (χ1v) is 8.36. The first-order chi connectivity index (χ1) is 13.6. The van der Waals surface area contributed by atoms with E-state index in [2.05, 4.69) is 5.32 Å². The molecule has 1 heterocycles. The number of methoxy groups -OCH3 is 2. The van der Waals surface area contributed by atoms with Crippen molar-refractivity contribution in [3.63, 3.8) is 0 Å². The molecule has 0 saturated heterocycles. The predicted octanol–water partition coefficient (Wildman–Crippen LogP) is 2.63. The van der Waals surface area contributed by atoms with E-state index in [4.69, 9.17) is 23.7 Å². The van der Waals surface area contributed by atoms with E-state index in [1.54, 1.807) is 36.4 Å². The second kappa shape index (κ2) is 8.81. The second-order valence-corrected chi connectivity index (χ2v) is 5.64. The molecule has 0 aliphatic carbocycles. The minimum atomic E-state index is -0.661. The fourth-order valence-electron chi connectivity index (χ4n) is 2.56. The fraction of sp³-hybridized carbons (Fsp3) is 0.200. The Labute approximate surface area is 161 Å². The lowest BCUT2D eigenvalue weighted by atomic mass is 10.1. The third-order valence-electron chi connectivity index (χ3n) is 3.83. The van der Waals surface area contributed by atoms with Gasteiger partial charge in [-0.2, -0.15) is 0 Å². The number of amides is 1. The van der Waals surface area contributed by atoms with Gasteiger partial charge in [0.05, 0.1) is 14.2 Å². The van der Waals surface area contributed by atoms with Gasteiger partial charge in [-0.3, -0.25) is 4.79 Å². The van der Waals surface area contributed by atoms with E-state index in [1.807, 2.05) is 0 Å². The third-order valence-corrected chi connectivity index (χ3v) is 3.83. The molecule has 0 saturated carbocycles. The molecule has 1 amide bonds. The molecule has 1 N–H and O–H groups in total. The van der Waals surface area contributed by atoms with Crippen LogP contribution in [0.2, 0.25) is 0 Å². The first kappa shape index (κ1) is 19.1. The third kappa shape index (κ3) is 4.53. The molecule has 0 spiro atoms. The molecule has 2 aromatic rings. The van der Waals surface area contributed by atoms with Crippen molar-refractivity contribution in [3.8, 4) is 23.0 Å². The van der Waals surface area contributed by atoms with Gasteiger partial charge in [-0.15, -0.1) is 0 Å². The molecule has 8 heteroatoms. The Morgan fingerprint density at radius 3 is 2.71 bits per heavy atom. The molecule has 0 unspecified atom stereocenters. The van der Waals surface area contributed by atoms with E-state index in [0.29, 0.717) is 34.2 Å². The molecule has 1 aliphatic rings. The monoisotopic (exact) mass is 385 g/mol. The number of carbonyl (C=O) groups is 2. The summed E-state index contributed by atoms with van der Waals surface area (Å²) >= 11 is 0. The highest BCUT2D eigenvalue weighted by Gasteiger charge is 2.14. The number of anilines is 1. The van der Waals surface area contributed by atoms with Crippen molar-refractivity contribution in [2.45, 2.75) is 0 Å². The van der Waals surface area contributed by atoms with Crippen LogP contribution in [0.4, 0.5) is 5.69 Å². The van der Waals surface area contributed by atoms with Gasteiger partial charge < -0.3 is 29.0 Å². The topological polar surface area (TPSA) is 92.3 Å². The maximum absolute atomic E-state index is 12.0. The zero-order valence-corrected chi connectivity index (χ0v) is 15.4. The number of hydrogen-bond donors (Lipinski definition) is 1. The summed E-state index contributed by atoms with van der Waals surface area (Å²) in [5.41, 5.74) is 1.16. The molecule has 0 bridgehead atoms. The summed E-state index contributed by atoms with van der Waals surface area (Å²) < 4.78 is 25.9. The highest BCUT2D eigenvalue weighted by Crippen LogP contribution is 2.34.